The number of hydrogen-bond donors (Lipinski definition) is 0. The molecule has 0 saturated heterocycles. The van der Waals surface area contributed by atoms with E-state index in [-0.39, 0.29) is 11.7 Å². The van der Waals surface area contributed by atoms with E-state index in [0.29, 0.717) is 30.9 Å². The summed E-state index contributed by atoms with van der Waals surface area (Å²) in [6, 6.07) is 7.39. The van der Waals surface area contributed by atoms with Crippen LogP contribution in [0.5, 0.6) is 0 Å². The van der Waals surface area contributed by atoms with E-state index in [0.717, 1.165) is 12.1 Å². The van der Waals surface area contributed by atoms with Gasteiger partial charge in [0, 0.05) is 24.9 Å². The molecule has 0 spiro atoms. The number of Topliss-reactive ketones (excluding diaryl/α,β-unsaturated/α-hetero) is 1. The summed E-state index contributed by atoms with van der Waals surface area (Å²) >= 11 is 0. The molecule has 0 aromatic heterocycles. The van der Waals surface area contributed by atoms with E-state index in [2.05, 4.69) is 13.8 Å². The first-order valence-corrected chi connectivity index (χ1v) is 6.56. The van der Waals surface area contributed by atoms with E-state index in [1.54, 1.807) is 11.0 Å². The Morgan fingerprint density at radius 1 is 1.39 bits per heavy atom. The number of rotatable bonds is 3. The number of hydrogen-bond acceptors (Lipinski definition) is 2. The van der Waals surface area contributed by atoms with Gasteiger partial charge in [0.05, 0.1) is 5.69 Å². The SMILES string of the molecule is CCC(C)CC(=O)N1CCC(=O)c2ccccc21. The Labute approximate surface area is 108 Å². The van der Waals surface area contributed by atoms with Crippen LogP contribution in [-0.4, -0.2) is 18.2 Å². The van der Waals surface area contributed by atoms with Gasteiger partial charge in [-0.1, -0.05) is 32.4 Å². The first-order valence-electron chi connectivity index (χ1n) is 6.56. The van der Waals surface area contributed by atoms with Crippen LogP contribution in [-0.2, 0) is 4.79 Å². The number of fused-ring (bicyclic) bond motifs is 1. The zero-order chi connectivity index (χ0) is 13.1. The minimum atomic E-state index is 0.129. The van der Waals surface area contributed by atoms with Crippen LogP contribution in [0.4, 0.5) is 5.69 Å². The van der Waals surface area contributed by atoms with Crippen molar-refractivity contribution in [3.8, 4) is 0 Å². The molecular formula is C15H19NO2. The lowest BCUT2D eigenvalue weighted by atomic mass is 9.98. The van der Waals surface area contributed by atoms with Crippen LogP contribution < -0.4 is 4.90 Å². The maximum absolute atomic E-state index is 12.3. The summed E-state index contributed by atoms with van der Waals surface area (Å²) in [5.41, 5.74) is 1.46. The number of ketones is 1. The fourth-order valence-electron chi connectivity index (χ4n) is 2.22. The quantitative estimate of drug-likeness (QED) is 0.820. The molecule has 0 radical (unpaired) electrons. The zero-order valence-electron chi connectivity index (χ0n) is 11.0. The van der Waals surface area contributed by atoms with Crippen LogP contribution in [0.1, 0.15) is 43.5 Å². The van der Waals surface area contributed by atoms with E-state index in [1.165, 1.54) is 0 Å². The number of nitrogens with zero attached hydrogens (tertiary/aromatic N) is 1. The van der Waals surface area contributed by atoms with Gasteiger partial charge in [-0.2, -0.15) is 0 Å². The van der Waals surface area contributed by atoms with E-state index in [1.807, 2.05) is 18.2 Å². The van der Waals surface area contributed by atoms with Crippen molar-refractivity contribution in [3.05, 3.63) is 29.8 Å². The van der Waals surface area contributed by atoms with Gasteiger partial charge in [-0.3, -0.25) is 9.59 Å². The van der Waals surface area contributed by atoms with Crippen LogP contribution >= 0.6 is 0 Å². The molecular weight excluding hydrogens is 226 g/mol. The highest BCUT2D eigenvalue weighted by molar-refractivity contribution is 6.08. The standard InChI is InChI=1S/C15H19NO2/c1-3-11(2)10-15(18)16-9-8-14(17)12-6-4-5-7-13(12)16/h4-7,11H,3,8-10H2,1-2H3. The molecule has 0 N–H and O–H groups in total. The summed E-state index contributed by atoms with van der Waals surface area (Å²) in [6.45, 7) is 4.69. The number of benzene rings is 1. The Balaban J connectivity index is 2.23. The second-order valence-corrected chi connectivity index (χ2v) is 4.95. The molecule has 1 aliphatic heterocycles. The van der Waals surface area contributed by atoms with Crippen molar-refractivity contribution in [2.45, 2.75) is 33.1 Å². The molecule has 1 aromatic rings. The molecule has 1 aromatic carbocycles. The van der Waals surface area contributed by atoms with E-state index < -0.39 is 0 Å². The molecule has 1 heterocycles. The average Bonchev–Trinajstić information content (AvgIpc) is 2.39. The first-order chi connectivity index (χ1) is 8.63. The molecule has 3 heteroatoms. The smallest absolute Gasteiger partial charge is 0.227 e. The van der Waals surface area contributed by atoms with Gasteiger partial charge in [0.25, 0.3) is 0 Å². The van der Waals surface area contributed by atoms with Gasteiger partial charge in [0.1, 0.15) is 0 Å². The lowest BCUT2D eigenvalue weighted by Crippen LogP contribution is -2.38. The molecule has 1 aliphatic rings. The van der Waals surface area contributed by atoms with Crippen molar-refractivity contribution in [2.24, 2.45) is 5.92 Å². The highest BCUT2D eigenvalue weighted by atomic mass is 16.2. The lowest BCUT2D eigenvalue weighted by Gasteiger charge is -2.29. The van der Waals surface area contributed by atoms with Gasteiger partial charge in [0.2, 0.25) is 5.91 Å². The highest BCUT2D eigenvalue weighted by Crippen LogP contribution is 2.28. The summed E-state index contributed by atoms with van der Waals surface area (Å²) in [6.07, 6.45) is 1.99. The summed E-state index contributed by atoms with van der Waals surface area (Å²) in [7, 11) is 0. The van der Waals surface area contributed by atoms with Gasteiger partial charge in [-0.15, -0.1) is 0 Å². The van der Waals surface area contributed by atoms with Gasteiger partial charge in [-0.05, 0) is 18.1 Å². The normalized spacial score (nSPS) is 16.3. The topological polar surface area (TPSA) is 37.4 Å². The molecule has 3 nitrogen and oxygen atoms in total. The van der Waals surface area contributed by atoms with Crippen LogP contribution in [0, 0.1) is 5.92 Å². The third-order valence-electron chi connectivity index (χ3n) is 3.58. The van der Waals surface area contributed by atoms with Gasteiger partial charge in [-0.25, -0.2) is 0 Å². The molecule has 1 unspecified atom stereocenters. The van der Waals surface area contributed by atoms with Crippen LogP contribution in [0.15, 0.2) is 24.3 Å². The highest BCUT2D eigenvalue weighted by Gasteiger charge is 2.27. The third-order valence-corrected chi connectivity index (χ3v) is 3.58. The summed E-state index contributed by atoms with van der Waals surface area (Å²) in [5.74, 6) is 0.657. The van der Waals surface area contributed by atoms with Crippen LogP contribution in [0.25, 0.3) is 0 Å². The van der Waals surface area contributed by atoms with Crippen molar-refractivity contribution < 1.29 is 9.59 Å². The zero-order valence-corrected chi connectivity index (χ0v) is 11.0. The fourth-order valence-corrected chi connectivity index (χ4v) is 2.22. The van der Waals surface area contributed by atoms with E-state index in [9.17, 15) is 9.59 Å². The Hall–Kier alpha value is -1.64. The molecule has 18 heavy (non-hydrogen) atoms. The summed E-state index contributed by atoms with van der Waals surface area (Å²) in [5, 5.41) is 0. The predicted molar refractivity (Wildman–Crippen MR) is 71.8 cm³/mol. The Morgan fingerprint density at radius 3 is 2.83 bits per heavy atom. The van der Waals surface area contributed by atoms with Gasteiger partial charge in [0.15, 0.2) is 5.78 Å². The molecule has 1 atom stereocenters. The average molecular weight is 245 g/mol. The Morgan fingerprint density at radius 2 is 2.11 bits per heavy atom. The van der Waals surface area contributed by atoms with Crippen molar-refractivity contribution >= 4 is 17.4 Å². The molecule has 0 bridgehead atoms. The molecule has 0 aliphatic carbocycles. The Bertz CT molecular complexity index is 467. The molecule has 1 amide bonds. The van der Waals surface area contributed by atoms with Crippen molar-refractivity contribution in [2.75, 3.05) is 11.4 Å². The van der Waals surface area contributed by atoms with Crippen molar-refractivity contribution in [3.63, 3.8) is 0 Å². The summed E-state index contributed by atoms with van der Waals surface area (Å²) < 4.78 is 0. The molecule has 2 rings (SSSR count). The minimum Gasteiger partial charge on any atom is -0.311 e. The first kappa shape index (κ1) is 12.8. The lowest BCUT2D eigenvalue weighted by molar-refractivity contribution is -0.119. The van der Waals surface area contributed by atoms with Crippen molar-refractivity contribution in [1.82, 2.24) is 0 Å². The van der Waals surface area contributed by atoms with E-state index in [4.69, 9.17) is 0 Å². The van der Waals surface area contributed by atoms with Crippen LogP contribution in [0.2, 0.25) is 0 Å². The molecule has 0 saturated carbocycles. The minimum absolute atomic E-state index is 0.129. The number of amides is 1. The number of carbonyl (C=O) groups excluding carboxylic acids is 2. The van der Waals surface area contributed by atoms with Gasteiger partial charge >= 0.3 is 0 Å². The number of para-hydroxylation sites is 1. The van der Waals surface area contributed by atoms with E-state index >= 15 is 0 Å². The van der Waals surface area contributed by atoms with Gasteiger partial charge < -0.3 is 4.90 Å². The van der Waals surface area contributed by atoms with Crippen molar-refractivity contribution in [1.29, 1.82) is 0 Å². The number of anilines is 1. The second-order valence-electron chi connectivity index (χ2n) is 4.95. The molecule has 0 fully saturated rings. The second kappa shape index (κ2) is 5.34. The maximum Gasteiger partial charge on any atom is 0.227 e. The number of carbonyl (C=O) groups is 2. The largest absolute Gasteiger partial charge is 0.311 e. The Kier molecular flexibility index (Phi) is 3.80. The maximum atomic E-state index is 12.3. The molecule has 96 valence electrons. The monoisotopic (exact) mass is 245 g/mol. The third kappa shape index (κ3) is 2.45. The predicted octanol–water partition coefficient (Wildman–Crippen LogP) is 3.04. The van der Waals surface area contributed by atoms with Crippen LogP contribution in [0.3, 0.4) is 0 Å². The summed E-state index contributed by atoms with van der Waals surface area (Å²) in [4.78, 5) is 25.8. The fraction of sp³-hybridized carbons (Fsp3) is 0.467.